The molecule has 0 aromatic carbocycles. The smallest absolute Gasteiger partial charge is 0.122 e. The Labute approximate surface area is 73.9 Å². The fourth-order valence-electron chi connectivity index (χ4n) is 0.833. The molecule has 0 heterocycles. The fraction of sp³-hybridized carbons (Fsp3) is 0.400. The maximum Gasteiger partial charge on any atom is 0.122 e. The van der Waals surface area contributed by atoms with E-state index in [9.17, 15) is 5.11 Å². The molecule has 0 rings (SSSR count). The number of methoxy groups -OCH3 is 1. The van der Waals surface area contributed by atoms with E-state index in [-0.39, 0.29) is 0 Å². The minimum absolute atomic E-state index is 0.338. The Bertz CT molecular complexity index is 202. The van der Waals surface area contributed by atoms with E-state index in [4.69, 9.17) is 4.74 Å². The van der Waals surface area contributed by atoms with Crippen LogP contribution in [0.4, 0.5) is 0 Å². The van der Waals surface area contributed by atoms with Gasteiger partial charge in [-0.2, -0.15) is 0 Å². The number of hydrogen-bond acceptors (Lipinski definition) is 2. The molecule has 1 unspecified atom stereocenters. The Morgan fingerprint density at radius 1 is 1.58 bits per heavy atom. The normalized spacial score (nSPS) is 14.6. The highest BCUT2D eigenvalue weighted by Gasteiger charge is 2.25. The Morgan fingerprint density at radius 3 is 2.42 bits per heavy atom. The van der Waals surface area contributed by atoms with E-state index < -0.39 is 5.60 Å². The first-order chi connectivity index (χ1) is 5.44. The molecule has 1 atom stereocenters. The fourth-order valence-corrected chi connectivity index (χ4v) is 0.833. The van der Waals surface area contributed by atoms with Crippen molar-refractivity contribution < 1.29 is 9.84 Å². The van der Waals surface area contributed by atoms with E-state index in [0.717, 1.165) is 5.57 Å². The van der Waals surface area contributed by atoms with Crippen molar-refractivity contribution in [3.63, 3.8) is 0 Å². The molecule has 2 heteroatoms. The van der Waals surface area contributed by atoms with Crippen LogP contribution in [0.25, 0.3) is 0 Å². The van der Waals surface area contributed by atoms with Gasteiger partial charge in [-0.1, -0.05) is 31.4 Å². The molecule has 0 saturated carbocycles. The Balaban J connectivity index is 4.31. The summed E-state index contributed by atoms with van der Waals surface area (Å²) in [6.45, 7) is 12.5. The summed E-state index contributed by atoms with van der Waals surface area (Å²) in [6.07, 6.45) is 2.00. The molecule has 68 valence electrons. The van der Waals surface area contributed by atoms with Crippen LogP contribution in [0.2, 0.25) is 0 Å². The van der Waals surface area contributed by atoms with Gasteiger partial charge in [0.2, 0.25) is 0 Å². The summed E-state index contributed by atoms with van der Waals surface area (Å²) in [6, 6.07) is 0. The number of hydrogen-bond donors (Lipinski definition) is 1. The van der Waals surface area contributed by atoms with Gasteiger partial charge in [0.25, 0.3) is 0 Å². The van der Waals surface area contributed by atoms with Gasteiger partial charge in [0.1, 0.15) is 11.4 Å². The molecule has 2 nitrogen and oxygen atoms in total. The first-order valence-electron chi connectivity index (χ1n) is 3.70. The van der Waals surface area contributed by atoms with Crippen LogP contribution in [0, 0.1) is 0 Å². The molecule has 0 saturated heterocycles. The molecule has 0 aliphatic heterocycles. The SMILES string of the molecule is C=CC(=C)CC(C)(O)C(=C)OC. The van der Waals surface area contributed by atoms with Crippen molar-refractivity contribution in [3.05, 3.63) is 37.1 Å². The number of aliphatic hydroxyl groups is 1. The molecule has 1 N–H and O–H groups in total. The van der Waals surface area contributed by atoms with Crippen LogP contribution in [0.1, 0.15) is 13.3 Å². The van der Waals surface area contributed by atoms with Crippen molar-refractivity contribution in [2.45, 2.75) is 18.9 Å². The van der Waals surface area contributed by atoms with Crippen LogP contribution in [0.5, 0.6) is 0 Å². The maximum absolute atomic E-state index is 9.75. The molecule has 0 spiro atoms. The summed E-state index contributed by atoms with van der Waals surface area (Å²) in [5.74, 6) is 0.338. The molecule has 12 heavy (non-hydrogen) atoms. The molecule has 0 aliphatic rings. The van der Waals surface area contributed by atoms with E-state index >= 15 is 0 Å². The molecule has 0 bridgehead atoms. The van der Waals surface area contributed by atoms with Crippen LogP contribution in [-0.2, 0) is 4.74 Å². The van der Waals surface area contributed by atoms with Crippen molar-refractivity contribution in [2.24, 2.45) is 0 Å². The van der Waals surface area contributed by atoms with Gasteiger partial charge in [-0.3, -0.25) is 0 Å². The third-order valence-corrected chi connectivity index (χ3v) is 1.71. The predicted molar refractivity (Wildman–Crippen MR) is 50.7 cm³/mol. The second kappa shape index (κ2) is 4.12. The lowest BCUT2D eigenvalue weighted by atomic mass is 9.96. The summed E-state index contributed by atoms with van der Waals surface area (Å²) in [5.41, 5.74) is -0.293. The minimum Gasteiger partial charge on any atom is -0.499 e. The first-order valence-corrected chi connectivity index (χ1v) is 3.70. The summed E-state index contributed by atoms with van der Waals surface area (Å²) >= 11 is 0. The third-order valence-electron chi connectivity index (χ3n) is 1.71. The van der Waals surface area contributed by atoms with Crippen molar-refractivity contribution in [2.75, 3.05) is 7.11 Å². The third kappa shape index (κ3) is 2.93. The van der Waals surface area contributed by atoms with Gasteiger partial charge in [-0.05, 0) is 6.92 Å². The average Bonchev–Trinajstić information content (AvgIpc) is 2.02. The highest BCUT2D eigenvalue weighted by atomic mass is 16.5. The minimum atomic E-state index is -1.06. The zero-order chi connectivity index (χ0) is 9.78. The molecule has 0 aromatic rings. The summed E-state index contributed by atoms with van der Waals surface area (Å²) in [4.78, 5) is 0. The highest BCUT2D eigenvalue weighted by Crippen LogP contribution is 2.23. The number of allylic oxidation sites excluding steroid dienone is 1. The van der Waals surface area contributed by atoms with Crippen LogP contribution in [-0.4, -0.2) is 17.8 Å². The van der Waals surface area contributed by atoms with Gasteiger partial charge in [0, 0.05) is 6.42 Å². The van der Waals surface area contributed by atoms with Gasteiger partial charge >= 0.3 is 0 Å². The molecule has 0 aliphatic carbocycles. The van der Waals surface area contributed by atoms with Gasteiger partial charge in [-0.15, -0.1) is 0 Å². The van der Waals surface area contributed by atoms with Gasteiger partial charge < -0.3 is 9.84 Å². The van der Waals surface area contributed by atoms with Crippen LogP contribution >= 0.6 is 0 Å². The Morgan fingerprint density at radius 2 is 2.08 bits per heavy atom. The predicted octanol–water partition coefficient (Wildman–Crippen LogP) is 2.03. The summed E-state index contributed by atoms with van der Waals surface area (Å²) in [7, 11) is 1.48. The largest absolute Gasteiger partial charge is 0.499 e. The summed E-state index contributed by atoms with van der Waals surface area (Å²) < 4.78 is 4.84. The lowest BCUT2D eigenvalue weighted by Crippen LogP contribution is -2.27. The van der Waals surface area contributed by atoms with Crippen molar-refractivity contribution in [1.29, 1.82) is 0 Å². The van der Waals surface area contributed by atoms with Gasteiger partial charge in [0.05, 0.1) is 7.11 Å². The molecule has 0 fully saturated rings. The lowest BCUT2D eigenvalue weighted by Gasteiger charge is -2.24. The standard InChI is InChI=1S/C10H16O2/c1-6-8(2)7-10(4,11)9(3)12-5/h6,11H,1-3,7H2,4-5H3. The second-order valence-corrected chi connectivity index (χ2v) is 2.94. The summed E-state index contributed by atoms with van der Waals surface area (Å²) in [5, 5.41) is 9.75. The monoisotopic (exact) mass is 168 g/mol. The van der Waals surface area contributed by atoms with Crippen molar-refractivity contribution in [3.8, 4) is 0 Å². The van der Waals surface area contributed by atoms with E-state index in [1.807, 2.05) is 0 Å². The van der Waals surface area contributed by atoms with E-state index in [2.05, 4.69) is 19.7 Å². The maximum atomic E-state index is 9.75. The lowest BCUT2D eigenvalue weighted by molar-refractivity contribution is 0.0409. The molecular formula is C10H16O2. The Hall–Kier alpha value is -1.02. The van der Waals surface area contributed by atoms with Crippen LogP contribution in [0.15, 0.2) is 37.1 Å². The van der Waals surface area contributed by atoms with Crippen molar-refractivity contribution >= 4 is 0 Å². The number of rotatable bonds is 5. The second-order valence-electron chi connectivity index (χ2n) is 2.94. The van der Waals surface area contributed by atoms with Crippen LogP contribution in [0.3, 0.4) is 0 Å². The quantitative estimate of drug-likeness (QED) is 0.502. The van der Waals surface area contributed by atoms with Crippen LogP contribution < -0.4 is 0 Å². The number of ether oxygens (including phenoxy) is 1. The zero-order valence-electron chi connectivity index (χ0n) is 7.76. The van der Waals surface area contributed by atoms with Gasteiger partial charge in [0.15, 0.2) is 0 Å². The first kappa shape index (κ1) is 11.0. The Kier molecular flexibility index (Phi) is 3.77. The van der Waals surface area contributed by atoms with E-state index in [1.54, 1.807) is 13.0 Å². The molecule has 0 aromatic heterocycles. The molecule has 0 radical (unpaired) electrons. The molecule has 0 amide bonds. The van der Waals surface area contributed by atoms with E-state index in [1.165, 1.54) is 7.11 Å². The average molecular weight is 168 g/mol. The topological polar surface area (TPSA) is 29.5 Å². The molecular weight excluding hydrogens is 152 g/mol. The highest BCUT2D eigenvalue weighted by molar-refractivity contribution is 5.18. The van der Waals surface area contributed by atoms with E-state index in [0.29, 0.717) is 12.2 Å². The van der Waals surface area contributed by atoms with Gasteiger partial charge in [-0.25, -0.2) is 0 Å². The zero-order valence-corrected chi connectivity index (χ0v) is 7.76. The van der Waals surface area contributed by atoms with Crippen molar-refractivity contribution in [1.82, 2.24) is 0 Å².